The highest BCUT2D eigenvalue weighted by atomic mass is 79.9. The average Bonchev–Trinajstić information content (AvgIpc) is 2.24. The smallest absolute Gasteiger partial charge is 0.132 e. The predicted molar refractivity (Wildman–Crippen MR) is 64.6 cm³/mol. The fourth-order valence-electron chi connectivity index (χ4n) is 2.08. The maximum atomic E-state index is 2.27. The monoisotopic (exact) mass is 271 g/mol. The van der Waals surface area contributed by atoms with Crippen molar-refractivity contribution < 1.29 is 17.0 Å². The molecule has 0 saturated heterocycles. The molecule has 0 radical (unpaired) electrons. The first kappa shape index (κ1) is 14.7. The van der Waals surface area contributed by atoms with E-state index in [9.17, 15) is 0 Å². The van der Waals surface area contributed by atoms with Gasteiger partial charge in [0.2, 0.25) is 0 Å². The molecule has 0 fully saturated rings. The van der Waals surface area contributed by atoms with Gasteiger partial charge in [-0.1, -0.05) is 17.7 Å². The molecule has 15 heavy (non-hydrogen) atoms. The van der Waals surface area contributed by atoms with Crippen LogP contribution in [0, 0.1) is 6.92 Å². The number of rotatable bonds is 4. The van der Waals surface area contributed by atoms with Crippen molar-refractivity contribution in [1.29, 1.82) is 0 Å². The highest BCUT2D eigenvalue weighted by molar-refractivity contribution is 5.44. The summed E-state index contributed by atoms with van der Waals surface area (Å²) in [6.07, 6.45) is 0. The molecule has 0 bridgehead atoms. The highest BCUT2D eigenvalue weighted by Crippen LogP contribution is 2.22. The SMILES string of the molecule is CC[N+](CC)(CC)c1ccc(C)cc1.[Br-]. The lowest BCUT2D eigenvalue weighted by Gasteiger charge is -2.35. The van der Waals surface area contributed by atoms with Crippen LogP contribution in [0.15, 0.2) is 24.3 Å². The molecule has 0 aliphatic heterocycles. The van der Waals surface area contributed by atoms with Crippen molar-refractivity contribution in [3.8, 4) is 0 Å². The quantitative estimate of drug-likeness (QED) is 0.695. The molecular weight excluding hydrogens is 250 g/mol. The lowest BCUT2D eigenvalue weighted by atomic mass is 10.2. The zero-order valence-electron chi connectivity index (χ0n) is 10.3. The minimum absolute atomic E-state index is 0. The fourth-order valence-corrected chi connectivity index (χ4v) is 2.08. The van der Waals surface area contributed by atoms with Crippen LogP contribution in [0.4, 0.5) is 5.69 Å². The van der Waals surface area contributed by atoms with E-state index >= 15 is 0 Å². The van der Waals surface area contributed by atoms with Crippen LogP contribution in [0.3, 0.4) is 0 Å². The Labute approximate surface area is 104 Å². The van der Waals surface area contributed by atoms with Crippen molar-refractivity contribution >= 4 is 5.69 Å². The lowest BCUT2D eigenvalue weighted by molar-refractivity contribution is -0.00000314. The molecule has 0 aliphatic rings. The number of nitrogens with zero attached hydrogens (tertiary/aromatic N) is 1. The van der Waals surface area contributed by atoms with E-state index in [0.29, 0.717) is 0 Å². The number of aryl methyl sites for hydroxylation is 1. The standard InChI is InChI=1S/C13H22N.BrH/c1-5-14(6-2,7-3)13-10-8-12(4)9-11-13;/h8-11H,5-7H2,1-4H3;1H/q+1;/p-1. The van der Waals surface area contributed by atoms with E-state index in [1.165, 1.54) is 30.9 Å². The molecule has 0 unspecified atom stereocenters. The average molecular weight is 272 g/mol. The maximum Gasteiger partial charge on any atom is 0.132 e. The molecule has 2 heteroatoms. The topological polar surface area (TPSA) is 0 Å². The fraction of sp³-hybridized carbons (Fsp3) is 0.538. The lowest BCUT2D eigenvalue weighted by Crippen LogP contribution is -3.00. The minimum atomic E-state index is 0. The highest BCUT2D eigenvalue weighted by Gasteiger charge is 2.23. The normalized spacial score (nSPS) is 10.9. The second kappa shape index (κ2) is 6.29. The molecule has 0 aliphatic carbocycles. The van der Waals surface area contributed by atoms with Gasteiger partial charge in [0.05, 0.1) is 19.6 Å². The number of benzene rings is 1. The van der Waals surface area contributed by atoms with Crippen LogP contribution in [0.2, 0.25) is 0 Å². The minimum Gasteiger partial charge on any atom is -1.00 e. The molecule has 0 aromatic heterocycles. The van der Waals surface area contributed by atoms with Gasteiger partial charge >= 0.3 is 0 Å². The van der Waals surface area contributed by atoms with Crippen LogP contribution < -0.4 is 21.5 Å². The summed E-state index contributed by atoms with van der Waals surface area (Å²) in [5, 5.41) is 0. The van der Waals surface area contributed by atoms with Gasteiger partial charge in [0.15, 0.2) is 0 Å². The Bertz CT molecular complexity index is 267. The third-order valence-corrected chi connectivity index (χ3v) is 3.40. The van der Waals surface area contributed by atoms with Crippen LogP contribution in [0.5, 0.6) is 0 Å². The van der Waals surface area contributed by atoms with Crippen molar-refractivity contribution in [2.45, 2.75) is 27.7 Å². The number of hydrogen-bond donors (Lipinski definition) is 0. The van der Waals surface area contributed by atoms with Gasteiger partial charge in [0, 0.05) is 0 Å². The Morgan fingerprint density at radius 2 is 1.27 bits per heavy atom. The molecule has 0 N–H and O–H groups in total. The first-order valence-electron chi connectivity index (χ1n) is 5.61. The van der Waals surface area contributed by atoms with E-state index in [4.69, 9.17) is 0 Å². The van der Waals surface area contributed by atoms with Crippen LogP contribution in [0.25, 0.3) is 0 Å². The van der Waals surface area contributed by atoms with Crippen molar-refractivity contribution in [3.05, 3.63) is 29.8 Å². The molecule has 86 valence electrons. The van der Waals surface area contributed by atoms with Gasteiger partial charge in [-0.2, -0.15) is 0 Å². The van der Waals surface area contributed by atoms with E-state index in [2.05, 4.69) is 52.0 Å². The van der Waals surface area contributed by atoms with Gasteiger partial charge in [0.1, 0.15) is 5.69 Å². The summed E-state index contributed by atoms with van der Waals surface area (Å²) in [6, 6.07) is 8.96. The van der Waals surface area contributed by atoms with Gasteiger partial charge in [0.25, 0.3) is 0 Å². The van der Waals surface area contributed by atoms with E-state index in [-0.39, 0.29) is 17.0 Å². The van der Waals surface area contributed by atoms with Gasteiger partial charge in [-0.25, -0.2) is 0 Å². The van der Waals surface area contributed by atoms with E-state index in [0.717, 1.165) is 4.48 Å². The zero-order valence-corrected chi connectivity index (χ0v) is 11.8. The van der Waals surface area contributed by atoms with Crippen LogP contribution in [-0.4, -0.2) is 19.6 Å². The zero-order chi connectivity index (χ0) is 10.6. The Morgan fingerprint density at radius 1 is 0.867 bits per heavy atom. The Balaban J connectivity index is 0.00000196. The molecule has 0 atom stereocenters. The predicted octanol–water partition coefficient (Wildman–Crippen LogP) is 0.366. The molecule has 1 aromatic rings. The number of halogens is 1. The summed E-state index contributed by atoms with van der Waals surface area (Å²) in [5.74, 6) is 0. The third-order valence-electron chi connectivity index (χ3n) is 3.40. The summed E-state index contributed by atoms with van der Waals surface area (Å²) >= 11 is 0. The molecule has 0 saturated carbocycles. The molecule has 0 amide bonds. The van der Waals surface area contributed by atoms with Crippen LogP contribution in [-0.2, 0) is 0 Å². The molecule has 0 heterocycles. The van der Waals surface area contributed by atoms with Gasteiger partial charge in [-0.15, -0.1) is 0 Å². The summed E-state index contributed by atoms with van der Waals surface area (Å²) in [7, 11) is 0. The maximum absolute atomic E-state index is 2.27. The Kier molecular flexibility index (Phi) is 6.15. The van der Waals surface area contributed by atoms with Crippen LogP contribution in [0.1, 0.15) is 26.3 Å². The molecule has 1 nitrogen and oxygen atoms in total. The number of hydrogen-bond acceptors (Lipinski definition) is 0. The number of quaternary nitrogens is 1. The van der Waals surface area contributed by atoms with Gasteiger partial charge in [-0.05, 0) is 39.8 Å². The summed E-state index contributed by atoms with van der Waals surface area (Å²) < 4.78 is 1.10. The van der Waals surface area contributed by atoms with E-state index < -0.39 is 0 Å². The van der Waals surface area contributed by atoms with Crippen molar-refractivity contribution in [2.24, 2.45) is 0 Å². The Hall–Kier alpha value is -0.340. The Morgan fingerprint density at radius 3 is 1.60 bits per heavy atom. The van der Waals surface area contributed by atoms with Crippen molar-refractivity contribution in [3.63, 3.8) is 0 Å². The van der Waals surface area contributed by atoms with Crippen molar-refractivity contribution in [1.82, 2.24) is 4.48 Å². The molecule has 1 rings (SSSR count). The molecular formula is C13H22BrN. The largest absolute Gasteiger partial charge is 1.00 e. The first-order valence-corrected chi connectivity index (χ1v) is 5.61. The molecule has 0 spiro atoms. The summed E-state index contributed by atoms with van der Waals surface area (Å²) in [6.45, 7) is 12.5. The van der Waals surface area contributed by atoms with Crippen molar-refractivity contribution in [2.75, 3.05) is 19.6 Å². The first-order chi connectivity index (χ1) is 6.68. The van der Waals surface area contributed by atoms with E-state index in [1.54, 1.807) is 0 Å². The second-order valence-corrected chi connectivity index (χ2v) is 3.93. The molecule has 1 aromatic carbocycles. The van der Waals surface area contributed by atoms with Gasteiger partial charge in [-0.3, -0.25) is 4.48 Å². The van der Waals surface area contributed by atoms with E-state index in [1.807, 2.05) is 0 Å². The third kappa shape index (κ3) is 3.05. The van der Waals surface area contributed by atoms with Crippen LogP contribution >= 0.6 is 0 Å². The van der Waals surface area contributed by atoms with Gasteiger partial charge < -0.3 is 17.0 Å². The second-order valence-electron chi connectivity index (χ2n) is 3.93. The summed E-state index contributed by atoms with van der Waals surface area (Å²) in [5.41, 5.74) is 2.79. The summed E-state index contributed by atoms with van der Waals surface area (Å²) in [4.78, 5) is 0.